The summed E-state index contributed by atoms with van der Waals surface area (Å²) in [7, 11) is 0. The van der Waals surface area contributed by atoms with Crippen LogP contribution in [-0.2, 0) is 0 Å². The Bertz CT molecular complexity index is 1130. The van der Waals surface area contributed by atoms with Crippen LogP contribution in [0.3, 0.4) is 0 Å². The summed E-state index contributed by atoms with van der Waals surface area (Å²) in [4.78, 5) is 0. The van der Waals surface area contributed by atoms with E-state index in [4.69, 9.17) is 0 Å². The fourth-order valence-electron chi connectivity index (χ4n) is 4.17. The lowest BCUT2D eigenvalue weighted by atomic mass is 9.94. The maximum atomic E-state index is 4.46. The molecule has 142 valence electrons. The van der Waals surface area contributed by atoms with Crippen LogP contribution in [0, 0.1) is 5.92 Å². The van der Waals surface area contributed by atoms with E-state index in [9.17, 15) is 0 Å². The van der Waals surface area contributed by atoms with E-state index in [-0.39, 0.29) is 6.04 Å². The molecule has 0 fully saturated rings. The van der Waals surface area contributed by atoms with E-state index in [1.807, 2.05) is 0 Å². The summed E-state index contributed by atoms with van der Waals surface area (Å²) < 4.78 is 0. The minimum absolute atomic E-state index is 0.200. The Kier molecular flexibility index (Phi) is 4.48. The molecule has 29 heavy (non-hydrogen) atoms. The van der Waals surface area contributed by atoms with Crippen molar-refractivity contribution in [2.45, 2.75) is 26.3 Å². The van der Waals surface area contributed by atoms with Crippen LogP contribution in [0.25, 0.3) is 22.3 Å². The maximum Gasteiger partial charge on any atom is 0.101 e. The molecule has 1 aliphatic carbocycles. The minimum atomic E-state index is 0.200. The van der Waals surface area contributed by atoms with Gasteiger partial charge in [0.25, 0.3) is 0 Å². The SMILES string of the molecule is CC(C)C1N=Nc2cc(C3=CCC(c4ccc(-c5ccccc5)cc4)=C3)ccc21. The molecule has 0 bridgehead atoms. The second-order valence-electron chi connectivity index (χ2n) is 8.15. The maximum absolute atomic E-state index is 4.46. The molecule has 3 aromatic carbocycles. The fraction of sp³-hybridized carbons (Fsp3) is 0.185. The molecule has 1 atom stereocenters. The zero-order valence-electron chi connectivity index (χ0n) is 16.8. The number of fused-ring (bicyclic) bond motifs is 1. The molecule has 0 amide bonds. The van der Waals surface area contributed by atoms with Gasteiger partial charge in [0.1, 0.15) is 6.04 Å². The fourth-order valence-corrected chi connectivity index (χ4v) is 4.17. The zero-order chi connectivity index (χ0) is 19.8. The van der Waals surface area contributed by atoms with Gasteiger partial charge in [-0.1, -0.05) is 92.7 Å². The third kappa shape index (κ3) is 3.36. The summed E-state index contributed by atoms with van der Waals surface area (Å²) in [5.41, 5.74) is 9.94. The third-order valence-corrected chi connectivity index (χ3v) is 5.84. The van der Waals surface area contributed by atoms with E-state index in [1.165, 1.54) is 39.0 Å². The molecule has 0 radical (unpaired) electrons. The van der Waals surface area contributed by atoms with Gasteiger partial charge in [0.05, 0.1) is 5.69 Å². The Hall–Kier alpha value is -3.26. The number of nitrogens with zero attached hydrogens (tertiary/aromatic N) is 2. The Morgan fingerprint density at radius 2 is 1.48 bits per heavy atom. The molecule has 1 unspecified atom stereocenters. The molecule has 0 saturated carbocycles. The second kappa shape index (κ2) is 7.29. The second-order valence-corrected chi connectivity index (χ2v) is 8.15. The van der Waals surface area contributed by atoms with Crippen molar-refractivity contribution in [3.8, 4) is 11.1 Å². The number of hydrogen-bond acceptors (Lipinski definition) is 2. The van der Waals surface area contributed by atoms with E-state index in [0.717, 1.165) is 12.1 Å². The molecule has 0 saturated heterocycles. The first kappa shape index (κ1) is 17.8. The standard InChI is InChI=1S/C27H24N2/c1-18(2)27-25-15-14-24(17-26(25)28-29-27)23-13-12-22(16-23)21-10-8-20(9-11-21)19-6-4-3-5-7-19/h3-11,13-18,27H,12H2,1-2H3. The molecule has 2 aliphatic rings. The van der Waals surface area contributed by atoms with Gasteiger partial charge in [-0.15, -0.1) is 0 Å². The first-order valence-corrected chi connectivity index (χ1v) is 10.3. The quantitative estimate of drug-likeness (QED) is 0.440. The summed E-state index contributed by atoms with van der Waals surface area (Å²) in [5, 5.41) is 8.88. The van der Waals surface area contributed by atoms with Gasteiger partial charge < -0.3 is 0 Å². The number of rotatable bonds is 4. The molecular weight excluding hydrogens is 352 g/mol. The van der Waals surface area contributed by atoms with Crippen molar-refractivity contribution in [1.29, 1.82) is 0 Å². The summed E-state index contributed by atoms with van der Waals surface area (Å²) in [5.74, 6) is 0.474. The van der Waals surface area contributed by atoms with Gasteiger partial charge in [0, 0.05) is 5.56 Å². The van der Waals surface area contributed by atoms with Gasteiger partial charge in [-0.25, -0.2) is 0 Å². The highest BCUT2D eigenvalue weighted by atomic mass is 15.2. The lowest BCUT2D eigenvalue weighted by Gasteiger charge is -2.12. The first-order valence-electron chi connectivity index (χ1n) is 10.3. The Morgan fingerprint density at radius 1 is 0.793 bits per heavy atom. The van der Waals surface area contributed by atoms with Gasteiger partial charge in [-0.05, 0) is 51.8 Å². The predicted octanol–water partition coefficient (Wildman–Crippen LogP) is 8.02. The van der Waals surface area contributed by atoms with Gasteiger partial charge >= 0.3 is 0 Å². The van der Waals surface area contributed by atoms with E-state index >= 15 is 0 Å². The van der Waals surface area contributed by atoms with Crippen LogP contribution in [0.2, 0.25) is 0 Å². The van der Waals surface area contributed by atoms with Crippen LogP contribution in [0.15, 0.2) is 95.2 Å². The molecule has 2 nitrogen and oxygen atoms in total. The number of benzene rings is 3. The van der Waals surface area contributed by atoms with E-state index in [1.54, 1.807) is 0 Å². The predicted molar refractivity (Wildman–Crippen MR) is 121 cm³/mol. The Morgan fingerprint density at radius 3 is 2.24 bits per heavy atom. The minimum Gasteiger partial charge on any atom is -0.180 e. The molecule has 2 heteroatoms. The number of allylic oxidation sites excluding steroid dienone is 4. The highest BCUT2D eigenvalue weighted by molar-refractivity contribution is 5.90. The summed E-state index contributed by atoms with van der Waals surface area (Å²) in [6.45, 7) is 4.40. The first-order chi connectivity index (χ1) is 14.2. The van der Waals surface area contributed by atoms with Crippen LogP contribution in [0.5, 0.6) is 0 Å². The molecular formula is C27H24N2. The van der Waals surface area contributed by atoms with Crippen molar-refractivity contribution in [3.05, 3.63) is 102 Å². The molecule has 0 spiro atoms. The zero-order valence-corrected chi connectivity index (χ0v) is 16.8. The van der Waals surface area contributed by atoms with Crippen molar-refractivity contribution in [2.75, 3.05) is 0 Å². The summed E-state index contributed by atoms with van der Waals surface area (Å²) in [6, 6.07) is 26.2. The highest BCUT2D eigenvalue weighted by Gasteiger charge is 2.24. The molecule has 5 rings (SSSR count). The van der Waals surface area contributed by atoms with Crippen molar-refractivity contribution < 1.29 is 0 Å². The third-order valence-electron chi connectivity index (χ3n) is 5.84. The monoisotopic (exact) mass is 376 g/mol. The average molecular weight is 377 g/mol. The number of azo groups is 1. The van der Waals surface area contributed by atoms with Gasteiger partial charge in [-0.2, -0.15) is 10.2 Å². The van der Waals surface area contributed by atoms with Crippen molar-refractivity contribution in [1.82, 2.24) is 0 Å². The summed E-state index contributed by atoms with van der Waals surface area (Å²) in [6.07, 6.45) is 5.59. The van der Waals surface area contributed by atoms with Crippen LogP contribution in [0.4, 0.5) is 5.69 Å². The topological polar surface area (TPSA) is 24.7 Å². The van der Waals surface area contributed by atoms with Gasteiger partial charge in [0.2, 0.25) is 0 Å². The molecule has 0 N–H and O–H groups in total. The summed E-state index contributed by atoms with van der Waals surface area (Å²) >= 11 is 0. The van der Waals surface area contributed by atoms with E-state index < -0.39 is 0 Å². The molecule has 1 aliphatic heterocycles. The highest BCUT2D eigenvalue weighted by Crippen LogP contribution is 2.42. The molecule has 1 heterocycles. The van der Waals surface area contributed by atoms with Crippen LogP contribution >= 0.6 is 0 Å². The lowest BCUT2D eigenvalue weighted by Crippen LogP contribution is -2.00. The molecule has 3 aromatic rings. The van der Waals surface area contributed by atoms with Gasteiger partial charge in [-0.3, -0.25) is 0 Å². The van der Waals surface area contributed by atoms with E-state index in [0.29, 0.717) is 5.92 Å². The Labute approximate surface area is 172 Å². The van der Waals surface area contributed by atoms with Crippen LogP contribution in [0.1, 0.15) is 43.0 Å². The van der Waals surface area contributed by atoms with Crippen LogP contribution < -0.4 is 0 Å². The smallest absolute Gasteiger partial charge is 0.101 e. The van der Waals surface area contributed by atoms with E-state index in [2.05, 4.69) is 109 Å². The van der Waals surface area contributed by atoms with Crippen molar-refractivity contribution in [3.63, 3.8) is 0 Å². The number of hydrogen-bond donors (Lipinski definition) is 0. The molecule has 0 aromatic heterocycles. The average Bonchev–Trinajstić information content (AvgIpc) is 3.41. The van der Waals surface area contributed by atoms with Crippen molar-refractivity contribution >= 4 is 16.8 Å². The normalized spacial score (nSPS) is 17.4. The lowest BCUT2D eigenvalue weighted by molar-refractivity contribution is 0.515. The van der Waals surface area contributed by atoms with Crippen LogP contribution in [-0.4, -0.2) is 0 Å². The Balaban J connectivity index is 1.38. The van der Waals surface area contributed by atoms with Crippen molar-refractivity contribution in [2.24, 2.45) is 16.1 Å². The van der Waals surface area contributed by atoms with Gasteiger partial charge in [0.15, 0.2) is 0 Å². The largest absolute Gasteiger partial charge is 0.180 e.